The molecule has 0 aliphatic carbocycles. The lowest BCUT2D eigenvalue weighted by molar-refractivity contribution is 0.666. The fraction of sp³-hybridized carbons (Fsp3) is 0.267. The van der Waals surface area contributed by atoms with E-state index in [9.17, 15) is 0 Å². The van der Waals surface area contributed by atoms with Crippen LogP contribution in [0.25, 0.3) is 0 Å². The lowest BCUT2D eigenvalue weighted by atomic mass is 9.99. The first kappa shape index (κ1) is 13.1. The Labute approximate surface area is 113 Å². The number of nitrogens with one attached hydrogen (secondary N) is 1. The third-order valence-corrected chi connectivity index (χ3v) is 3.55. The Bertz CT molecular complexity index is 552. The summed E-state index contributed by atoms with van der Waals surface area (Å²) >= 11 is 6.19. The van der Waals surface area contributed by atoms with Crippen LogP contribution in [-0.2, 0) is 0 Å². The number of benzene rings is 1. The molecule has 1 heterocycles. The summed E-state index contributed by atoms with van der Waals surface area (Å²) in [7, 11) is 1.94. The van der Waals surface area contributed by atoms with E-state index in [1.54, 1.807) is 0 Å². The van der Waals surface area contributed by atoms with E-state index in [-0.39, 0.29) is 6.04 Å². The van der Waals surface area contributed by atoms with Crippen LogP contribution in [0.4, 0.5) is 0 Å². The highest BCUT2D eigenvalue weighted by molar-refractivity contribution is 6.31. The van der Waals surface area contributed by atoms with Crippen molar-refractivity contribution in [2.24, 2.45) is 0 Å². The SMILES string of the molecule is CNC(c1ccc(C)c(Cl)c1)c1ncccc1C. The van der Waals surface area contributed by atoms with E-state index in [2.05, 4.69) is 29.4 Å². The van der Waals surface area contributed by atoms with Crippen molar-refractivity contribution < 1.29 is 0 Å². The van der Waals surface area contributed by atoms with Crippen LogP contribution in [0.15, 0.2) is 36.5 Å². The molecule has 2 rings (SSSR count). The minimum Gasteiger partial charge on any atom is -0.308 e. The van der Waals surface area contributed by atoms with Gasteiger partial charge in [0.05, 0.1) is 11.7 Å². The maximum atomic E-state index is 6.19. The molecule has 2 aromatic rings. The lowest BCUT2D eigenvalue weighted by Crippen LogP contribution is -2.20. The number of hydrogen-bond donors (Lipinski definition) is 1. The van der Waals surface area contributed by atoms with E-state index in [1.807, 2.05) is 38.4 Å². The maximum absolute atomic E-state index is 6.19. The topological polar surface area (TPSA) is 24.9 Å². The van der Waals surface area contributed by atoms with E-state index in [4.69, 9.17) is 11.6 Å². The molecule has 0 fully saturated rings. The molecule has 0 radical (unpaired) electrons. The van der Waals surface area contributed by atoms with Crippen molar-refractivity contribution in [3.63, 3.8) is 0 Å². The number of pyridine rings is 1. The fourth-order valence-corrected chi connectivity index (χ4v) is 2.24. The molecule has 3 heteroatoms. The number of nitrogens with zero attached hydrogens (tertiary/aromatic N) is 1. The van der Waals surface area contributed by atoms with Crippen molar-refractivity contribution in [1.82, 2.24) is 10.3 Å². The smallest absolute Gasteiger partial charge is 0.0752 e. The van der Waals surface area contributed by atoms with Gasteiger partial charge in [-0.1, -0.05) is 29.8 Å². The molecule has 0 bridgehead atoms. The van der Waals surface area contributed by atoms with Crippen molar-refractivity contribution in [2.45, 2.75) is 19.9 Å². The summed E-state index contributed by atoms with van der Waals surface area (Å²) in [5, 5.41) is 4.09. The predicted octanol–water partition coefficient (Wildman–Crippen LogP) is 3.66. The van der Waals surface area contributed by atoms with Gasteiger partial charge >= 0.3 is 0 Å². The number of hydrogen-bond acceptors (Lipinski definition) is 2. The molecule has 18 heavy (non-hydrogen) atoms. The second-order valence-electron chi connectivity index (χ2n) is 4.44. The fourth-order valence-electron chi connectivity index (χ4n) is 2.05. The molecule has 1 aromatic carbocycles. The molecular formula is C15H17ClN2. The average molecular weight is 261 g/mol. The van der Waals surface area contributed by atoms with Gasteiger partial charge in [0.15, 0.2) is 0 Å². The molecule has 2 nitrogen and oxygen atoms in total. The zero-order valence-electron chi connectivity index (χ0n) is 10.9. The van der Waals surface area contributed by atoms with Crippen molar-refractivity contribution in [1.29, 1.82) is 0 Å². The van der Waals surface area contributed by atoms with Crippen LogP contribution in [0, 0.1) is 13.8 Å². The van der Waals surface area contributed by atoms with Gasteiger partial charge < -0.3 is 5.32 Å². The van der Waals surface area contributed by atoms with Crippen molar-refractivity contribution in [2.75, 3.05) is 7.05 Å². The van der Waals surface area contributed by atoms with Crippen LogP contribution in [0.1, 0.15) is 28.4 Å². The highest BCUT2D eigenvalue weighted by Crippen LogP contribution is 2.26. The number of aromatic nitrogens is 1. The average Bonchev–Trinajstić information content (AvgIpc) is 2.37. The maximum Gasteiger partial charge on any atom is 0.0752 e. The number of rotatable bonds is 3. The second kappa shape index (κ2) is 5.51. The highest BCUT2D eigenvalue weighted by atomic mass is 35.5. The number of aryl methyl sites for hydroxylation is 2. The van der Waals surface area contributed by atoms with Gasteiger partial charge in [-0.2, -0.15) is 0 Å². The van der Waals surface area contributed by atoms with Gasteiger partial charge in [0, 0.05) is 11.2 Å². The molecule has 1 N–H and O–H groups in total. The summed E-state index contributed by atoms with van der Waals surface area (Å²) in [6.07, 6.45) is 1.82. The van der Waals surface area contributed by atoms with E-state index in [0.717, 1.165) is 21.8 Å². The summed E-state index contributed by atoms with van der Waals surface area (Å²) < 4.78 is 0. The third-order valence-electron chi connectivity index (χ3n) is 3.14. The molecule has 0 aliphatic rings. The first-order valence-corrected chi connectivity index (χ1v) is 6.36. The van der Waals surface area contributed by atoms with Gasteiger partial charge in [-0.15, -0.1) is 0 Å². The molecule has 0 aliphatic heterocycles. The Morgan fingerprint density at radius 1 is 1.17 bits per heavy atom. The quantitative estimate of drug-likeness (QED) is 0.911. The Hall–Kier alpha value is -1.38. The van der Waals surface area contributed by atoms with Crippen molar-refractivity contribution in [3.8, 4) is 0 Å². The summed E-state index contributed by atoms with van der Waals surface area (Å²) in [6, 6.07) is 10.2. The van der Waals surface area contributed by atoms with Gasteiger partial charge in [0.1, 0.15) is 0 Å². The van der Waals surface area contributed by atoms with Gasteiger partial charge in [0.25, 0.3) is 0 Å². The lowest BCUT2D eigenvalue weighted by Gasteiger charge is -2.18. The Morgan fingerprint density at radius 2 is 1.94 bits per heavy atom. The Morgan fingerprint density at radius 3 is 2.56 bits per heavy atom. The second-order valence-corrected chi connectivity index (χ2v) is 4.84. The van der Waals surface area contributed by atoms with Crippen LogP contribution < -0.4 is 5.32 Å². The summed E-state index contributed by atoms with van der Waals surface area (Å²) in [6.45, 7) is 4.08. The minimum absolute atomic E-state index is 0.0734. The molecule has 94 valence electrons. The summed E-state index contributed by atoms with van der Waals surface area (Å²) in [5.74, 6) is 0. The van der Waals surface area contributed by atoms with Crippen LogP contribution in [0.2, 0.25) is 5.02 Å². The van der Waals surface area contributed by atoms with Crippen LogP contribution >= 0.6 is 11.6 Å². The van der Waals surface area contributed by atoms with Crippen LogP contribution in [0.3, 0.4) is 0 Å². The zero-order valence-corrected chi connectivity index (χ0v) is 11.6. The molecule has 0 saturated carbocycles. The minimum atomic E-state index is 0.0734. The van der Waals surface area contributed by atoms with Gasteiger partial charge in [-0.3, -0.25) is 4.98 Å². The number of halogens is 1. The molecule has 1 unspecified atom stereocenters. The van der Waals surface area contributed by atoms with Crippen molar-refractivity contribution >= 4 is 11.6 Å². The van der Waals surface area contributed by atoms with Gasteiger partial charge in [-0.25, -0.2) is 0 Å². The largest absolute Gasteiger partial charge is 0.308 e. The Balaban J connectivity index is 2.45. The summed E-state index contributed by atoms with van der Waals surface area (Å²) in [5.41, 5.74) is 4.44. The van der Waals surface area contributed by atoms with Gasteiger partial charge in [-0.05, 0) is 49.7 Å². The molecule has 0 amide bonds. The molecule has 1 aromatic heterocycles. The van der Waals surface area contributed by atoms with Crippen molar-refractivity contribution in [3.05, 3.63) is 63.9 Å². The van der Waals surface area contributed by atoms with E-state index < -0.39 is 0 Å². The van der Waals surface area contributed by atoms with E-state index in [1.165, 1.54) is 5.56 Å². The van der Waals surface area contributed by atoms with E-state index in [0.29, 0.717) is 0 Å². The first-order chi connectivity index (χ1) is 8.63. The summed E-state index contributed by atoms with van der Waals surface area (Å²) in [4.78, 5) is 4.47. The monoisotopic (exact) mass is 260 g/mol. The zero-order chi connectivity index (χ0) is 13.1. The first-order valence-electron chi connectivity index (χ1n) is 5.98. The third kappa shape index (κ3) is 2.55. The predicted molar refractivity (Wildman–Crippen MR) is 76.1 cm³/mol. The molecule has 0 spiro atoms. The standard InChI is InChI=1S/C15H17ClN2/c1-10-6-7-12(9-13(10)16)15(17-3)14-11(2)5-4-8-18-14/h4-9,15,17H,1-3H3. The highest BCUT2D eigenvalue weighted by Gasteiger charge is 2.15. The van der Waals surface area contributed by atoms with Crippen LogP contribution in [0.5, 0.6) is 0 Å². The molecular weight excluding hydrogens is 244 g/mol. The molecule has 0 saturated heterocycles. The Kier molecular flexibility index (Phi) is 4.00. The van der Waals surface area contributed by atoms with E-state index >= 15 is 0 Å². The normalized spacial score (nSPS) is 12.4. The van der Waals surface area contributed by atoms with Gasteiger partial charge in [0.2, 0.25) is 0 Å². The molecule has 1 atom stereocenters. The van der Waals surface area contributed by atoms with Crippen LogP contribution in [-0.4, -0.2) is 12.0 Å².